The molecule has 1 heterocycles. The van der Waals surface area contributed by atoms with Gasteiger partial charge in [0.15, 0.2) is 9.84 Å². The van der Waals surface area contributed by atoms with Crippen LogP contribution in [0.5, 0.6) is 0 Å². The van der Waals surface area contributed by atoms with Crippen LogP contribution in [0.3, 0.4) is 0 Å². The Balaban J connectivity index is 1.92. The Hall–Kier alpha value is -1.43. The predicted octanol–water partition coefficient (Wildman–Crippen LogP) is 2.01. The quantitative estimate of drug-likeness (QED) is 0.904. The van der Waals surface area contributed by atoms with Gasteiger partial charge in [0.05, 0.1) is 11.5 Å². The number of amides is 1. The maximum atomic E-state index is 12.9. The summed E-state index contributed by atoms with van der Waals surface area (Å²) in [5.74, 6) is -0.245. The van der Waals surface area contributed by atoms with E-state index in [1.165, 1.54) is 12.1 Å². The summed E-state index contributed by atoms with van der Waals surface area (Å²) in [5.41, 5.74) is 0.924. The molecule has 21 heavy (non-hydrogen) atoms. The van der Waals surface area contributed by atoms with E-state index in [0.29, 0.717) is 12.8 Å². The van der Waals surface area contributed by atoms with Gasteiger partial charge in [-0.05, 0) is 36.5 Å². The van der Waals surface area contributed by atoms with Gasteiger partial charge in [0, 0.05) is 12.5 Å². The number of sulfone groups is 1. The number of hydrogen-bond acceptors (Lipinski definition) is 3. The number of nitrogens with one attached hydrogen (secondary N) is 1. The molecule has 1 aromatic carbocycles. The molecule has 0 radical (unpaired) electrons. The van der Waals surface area contributed by atoms with Crippen molar-refractivity contribution in [2.75, 3.05) is 11.5 Å². The molecule has 2 rings (SSSR count). The Morgan fingerprint density at radius 2 is 2.05 bits per heavy atom. The molecule has 2 unspecified atom stereocenters. The fraction of sp³-hybridized carbons (Fsp3) is 0.533. The molecular formula is C15H20FNO3S. The molecule has 0 bridgehead atoms. The van der Waals surface area contributed by atoms with Gasteiger partial charge in [-0.1, -0.05) is 19.1 Å². The molecule has 0 aliphatic carbocycles. The highest BCUT2D eigenvalue weighted by Crippen LogP contribution is 2.23. The van der Waals surface area contributed by atoms with Gasteiger partial charge in [-0.25, -0.2) is 12.8 Å². The predicted molar refractivity (Wildman–Crippen MR) is 79.3 cm³/mol. The van der Waals surface area contributed by atoms with Crippen molar-refractivity contribution in [3.8, 4) is 0 Å². The SMILES string of the molecule is CCC(CC(=O)NC1CCS(=O)(=O)C1)c1ccc(F)cc1. The molecule has 6 heteroatoms. The summed E-state index contributed by atoms with van der Waals surface area (Å²) in [7, 11) is -2.99. The fourth-order valence-electron chi connectivity index (χ4n) is 2.65. The molecule has 4 nitrogen and oxygen atoms in total. The molecule has 1 aliphatic rings. The van der Waals surface area contributed by atoms with Crippen LogP contribution in [0.4, 0.5) is 4.39 Å². The van der Waals surface area contributed by atoms with E-state index >= 15 is 0 Å². The fourth-order valence-corrected chi connectivity index (χ4v) is 4.33. The van der Waals surface area contributed by atoms with Gasteiger partial charge in [0.2, 0.25) is 5.91 Å². The first-order valence-corrected chi connectivity index (χ1v) is 8.97. The lowest BCUT2D eigenvalue weighted by Crippen LogP contribution is -2.36. The molecule has 1 amide bonds. The highest BCUT2D eigenvalue weighted by atomic mass is 32.2. The average molecular weight is 313 g/mol. The summed E-state index contributed by atoms with van der Waals surface area (Å²) in [6, 6.07) is 5.89. The number of benzene rings is 1. The molecule has 1 fully saturated rings. The van der Waals surface area contributed by atoms with Crippen molar-refractivity contribution in [1.82, 2.24) is 5.32 Å². The van der Waals surface area contributed by atoms with E-state index in [1.54, 1.807) is 12.1 Å². The van der Waals surface area contributed by atoms with Gasteiger partial charge in [-0.3, -0.25) is 4.79 Å². The third-order valence-electron chi connectivity index (χ3n) is 3.86. The van der Waals surface area contributed by atoms with E-state index in [4.69, 9.17) is 0 Å². The summed E-state index contributed by atoms with van der Waals surface area (Å²) in [6.45, 7) is 1.97. The summed E-state index contributed by atoms with van der Waals surface area (Å²) in [4.78, 5) is 12.0. The van der Waals surface area contributed by atoms with Crippen molar-refractivity contribution < 1.29 is 17.6 Å². The van der Waals surface area contributed by atoms with E-state index in [1.807, 2.05) is 6.92 Å². The minimum atomic E-state index is -2.99. The number of hydrogen-bond donors (Lipinski definition) is 1. The largest absolute Gasteiger partial charge is 0.352 e. The van der Waals surface area contributed by atoms with Crippen LogP contribution in [-0.2, 0) is 14.6 Å². The van der Waals surface area contributed by atoms with Crippen molar-refractivity contribution in [3.63, 3.8) is 0 Å². The first kappa shape index (κ1) is 15.9. The Labute approximate surface area is 124 Å². The minimum Gasteiger partial charge on any atom is -0.352 e. The van der Waals surface area contributed by atoms with E-state index < -0.39 is 9.84 Å². The van der Waals surface area contributed by atoms with Crippen LogP contribution < -0.4 is 5.32 Å². The summed E-state index contributed by atoms with van der Waals surface area (Å²) in [5, 5.41) is 2.79. The maximum Gasteiger partial charge on any atom is 0.220 e. The lowest BCUT2D eigenvalue weighted by atomic mass is 9.93. The number of carbonyl (C=O) groups is 1. The first-order valence-electron chi connectivity index (χ1n) is 7.15. The molecule has 1 N–H and O–H groups in total. The van der Waals surface area contributed by atoms with Crippen molar-refractivity contribution >= 4 is 15.7 Å². The molecule has 1 aliphatic heterocycles. The Morgan fingerprint density at radius 1 is 1.38 bits per heavy atom. The van der Waals surface area contributed by atoms with E-state index in [9.17, 15) is 17.6 Å². The van der Waals surface area contributed by atoms with Gasteiger partial charge in [-0.2, -0.15) is 0 Å². The highest BCUT2D eigenvalue weighted by Gasteiger charge is 2.29. The molecule has 0 saturated carbocycles. The van der Waals surface area contributed by atoms with Crippen LogP contribution in [0, 0.1) is 5.82 Å². The van der Waals surface area contributed by atoms with Crippen LogP contribution in [0.15, 0.2) is 24.3 Å². The van der Waals surface area contributed by atoms with Crippen molar-refractivity contribution in [2.45, 2.75) is 38.1 Å². The molecular weight excluding hydrogens is 293 g/mol. The van der Waals surface area contributed by atoms with Crippen molar-refractivity contribution in [3.05, 3.63) is 35.6 Å². The standard InChI is InChI=1S/C15H20FNO3S/c1-2-11(12-3-5-13(16)6-4-12)9-15(18)17-14-7-8-21(19,20)10-14/h3-6,11,14H,2,7-10H2,1H3,(H,17,18). The monoisotopic (exact) mass is 313 g/mol. The molecule has 0 aromatic heterocycles. The Morgan fingerprint density at radius 3 is 2.57 bits per heavy atom. The summed E-state index contributed by atoms with van der Waals surface area (Å²) in [6.07, 6.45) is 1.54. The Kier molecular flexibility index (Phi) is 4.98. The highest BCUT2D eigenvalue weighted by molar-refractivity contribution is 7.91. The van der Waals surface area contributed by atoms with E-state index in [2.05, 4.69) is 5.32 Å². The number of rotatable bonds is 5. The lowest BCUT2D eigenvalue weighted by Gasteiger charge is -2.17. The van der Waals surface area contributed by atoms with E-state index in [0.717, 1.165) is 12.0 Å². The summed E-state index contributed by atoms with van der Waals surface area (Å²) < 4.78 is 35.7. The molecule has 1 aromatic rings. The summed E-state index contributed by atoms with van der Waals surface area (Å²) >= 11 is 0. The van der Waals surface area contributed by atoms with Crippen LogP contribution in [0.25, 0.3) is 0 Å². The van der Waals surface area contributed by atoms with Gasteiger partial charge < -0.3 is 5.32 Å². The second-order valence-electron chi connectivity index (χ2n) is 5.53. The maximum absolute atomic E-state index is 12.9. The van der Waals surface area contributed by atoms with Gasteiger partial charge >= 0.3 is 0 Å². The smallest absolute Gasteiger partial charge is 0.220 e. The Bertz CT molecular complexity index is 598. The third-order valence-corrected chi connectivity index (χ3v) is 5.63. The topological polar surface area (TPSA) is 63.2 Å². The third kappa shape index (κ3) is 4.52. The van der Waals surface area contributed by atoms with Crippen LogP contribution in [-0.4, -0.2) is 31.9 Å². The average Bonchev–Trinajstić information content (AvgIpc) is 2.76. The molecule has 0 spiro atoms. The van der Waals surface area contributed by atoms with Crippen molar-refractivity contribution in [2.24, 2.45) is 0 Å². The minimum absolute atomic E-state index is 0.0172. The zero-order valence-electron chi connectivity index (χ0n) is 12.0. The van der Waals surface area contributed by atoms with Crippen LogP contribution in [0.1, 0.15) is 37.7 Å². The second kappa shape index (κ2) is 6.56. The zero-order chi connectivity index (χ0) is 15.5. The molecule has 116 valence electrons. The van der Waals surface area contributed by atoms with Crippen LogP contribution in [0.2, 0.25) is 0 Å². The molecule has 2 atom stereocenters. The van der Waals surface area contributed by atoms with E-state index in [-0.39, 0.29) is 35.2 Å². The number of halogens is 1. The van der Waals surface area contributed by atoms with Gasteiger partial charge in [-0.15, -0.1) is 0 Å². The second-order valence-corrected chi connectivity index (χ2v) is 7.76. The van der Waals surface area contributed by atoms with Crippen molar-refractivity contribution in [1.29, 1.82) is 0 Å². The number of carbonyl (C=O) groups excluding carboxylic acids is 1. The lowest BCUT2D eigenvalue weighted by molar-refractivity contribution is -0.122. The molecule has 1 saturated heterocycles. The first-order chi connectivity index (χ1) is 9.89. The van der Waals surface area contributed by atoms with Gasteiger partial charge in [0.1, 0.15) is 5.82 Å². The van der Waals surface area contributed by atoms with Crippen LogP contribution >= 0.6 is 0 Å². The van der Waals surface area contributed by atoms with Gasteiger partial charge in [0.25, 0.3) is 0 Å². The zero-order valence-corrected chi connectivity index (χ0v) is 12.8. The normalized spacial score (nSPS) is 21.9.